The van der Waals surface area contributed by atoms with Crippen LogP contribution >= 0.6 is 0 Å². The van der Waals surface area contributed by atoms with E-state index in [1.807, 2.05) is 24.3 Å². The Morgan fingerprint density at radius 2 is 1.88 bits per heavy atom. The van der Waals surface area contributed by atoms with Gasteiger partial charge in [-0.15, -0.1) is 0 Å². The lowest BCUT2D eigenvalue weighted by Gasteiger charge is -2.15. The molecular formula is C14H18O3. The quantitative estimate of drug-likeness (QED) is 0.851. The minimum atomic E-state index is -0.861. The van der Waals surface area contributed by atoms with Gasteiger partial charge in [0.25, 0.3) is 0 Å². The molecule has 1 aromatic carbocycles. The van der Waals surface area contributed by atoms with E-state index in [9.17, 15) is 4.79 Å². The topological polar surface area (TPSA) is 46.5 Å². The Balaban J connectivity index is 2.04. The molecule has 0 radical (unpaired) electrons. The summed E-state index contributed by atoms with van der Waals surface area (Å²) in [5, 5.41) is 9.06. The fraction of sp³-hybridized carbons (Fsp3) is 0.500. The Morgan fingerprint density at radius 1 is 1.29 bits per heavy atom. The van der Waals surface area contributed by atoms with Gasteiger partial charge in [0.1, 0.15) is 5.75 Å². The van der Waals surface area contributed by atoms with Crippen LogP contribution in [0, 0.1) is 5.92 Å². The Bertz CT molecular complexity index is 390. The lowest BCUT2D eigenvalue weighted by molar-refractivity contribution is -0.146. The first kappa shape index (κ1) is 12.0. The fourth-order valence-electron chi connectivity index (χ4n) is 1.83. The van der Waals surface area contributed by atoms with Gasteiger partial charge >= 0.3 is 5.97 Å². The summed E-state index contributed by atoms with van der Waals surface area (Å²) in [6.45, 7) is 4.25. The standard InChI is InChI=1S/C14H18O3/c1-9(2)10-5-7-12(8-6-10)17-13(14(15)16)11-3-4-11/h5-9,11,13H,3-4H2,1-2H3,(H,15,16). The number of carbonyl (C=O) groups is 1. The maximum absolute atomic E-state index is 11.0. The molecule has 3 nitrogen and oxygen atoms in total. The maximum atomic E-state index is 11.0. The van der Waals surface area contributed by atoms with Crippen molar-refractivity contribution in [3.63, 3.8) is 0 Å². The first-order valence-corrected chi connectivity index (χ1v) is 6.07. The van der Waals surface area contributed by atoms with E-state index in [1.165, 1.54) is 5.56 Å². The zero-order valence-corrected chi connectivity index (χ0v) is 10.2. The monoisotopic (exact) mass is 234 g/mol. The average molecular weight is 234 g/mol. The third-order valence-electron chi connectivity index (χ3n) is 3.10. The number of hydrogen-bond donors (Lipinski definition) is 1. The van der Waals surface area contributed by atoms with Gasteiger partial charge in [-0.3, -0.25) is 0 Å². The van der Waals surface area contributed by atoms with Gasteiger partial charge in [0.15, 0.2) is 6.10 Å². The van der Waals surface area contributed by atoms with Crippen molar-refractivity contribution >= 4 is 5.97 Å². The summed E-state index contributed by atoms with van der Waals surface area (Å²) in [7, 11) is 0. The van der Waals surface area contributed by atoms with Crippen LogP contribution in [0.1, 0.15) is 38.2 Å². The third-order valence-corrected chi connectivity index (χ3v) is 3.10. The molecule has 17 heavy (non-hydrogen) atoms. The summed E-state index contributed by atoms with van der Waals surface area (Å²) >= 11 is 0. The van der Waals surface area contributed by atoms with Gasteiger partial charge in [-0.05, 0) is 36.5 Å². The Labute approximate surface area is 101 Å². The Hall–Kier alpha value is -1.51. The Kier molecular flexibility index (Phi) is 3.36. The summed E-state index contributed by atoms with van der Waals surface area (Å²) in [5.41, 5.74) is 1.23. The highest BCUT2D eigenvalue weighted by Gasteiger charge is 2.38. The predicted molar refractivity (Wildman–Crippen MR) is 65.3 cm³/mol. The van der Waals surface area contributed by atoms with Gasteiger partial charge < -0.3 is 9.84 Å². The van der Waals surface area contributed by atoms with E-state index < -0.39 is 12.1 Å². The van der Waals surface area contributed by atoms with Gasteiger partial charge in [0.05, 0.1) is 0 Å². The van der Waals surface area contributed by atoms with E-state index in [4.69, 9.17) is 9.84 Å². The highest BCUT2D eigenvalue weighted by Crippen LogP contribution is 2.35. The van der Waals surface area contributed by atoms with Crippen LogP contribution in [-0.4, -0.2) is 17.2 Å². The van der Waals surface area contributed by atoms with Crippen molar-refractivity contribution in [3.05, 3.63) is 29.8 Å². The molecule has 0 spiro atoms. The van der Waals surface area contributed by atoms with Crippen molar-refractivity contribution in [2.45, 2.75) is 38.7 Å². The summed E-state index contributed by atoms with van der Waals surface area (Å²) in [6.07, 6.45) is 1.24. The zero-order valence-electron chi connectivity index (χ0n) is 10.2. The van der Waals surface area contributed by atoms with E-state index >= 15 is 0 Å². The van der Waals surface area contributed by atoms with E-state index in [1.54, 1.807) is 0 Å². The minimum Gasteiger partial charge on any atom is -0.478 e. The number of aliphatic carboxylic acids is 1. The van der Waals surface area contributed by atoms with Crippen LogP contribution in [-0.2, 0) is 4.79 Å². The maximum Gasteiger partial charge on any atom is 0.345 e. The molecule has 1 atom stereocenters. The lowest BCUT2D eigenvalue weighted by atomic mass is 10.0. The molecule has 1 fully saturated rings. The highest BCUT2D eigenvalue weighted by atomic mass is 16.5. The van der Waals surface area contributed by atoms with Crippen molar-refractivity contribution in [2.24, 2.45) is 5.92 Å². The molecule has 3 heteroatoms. The molecule has 1 saturated carbocycles. The van der Waals surface area contributed by atoms with Gasteiger partial charge in [-0.2, -0.15) is 0 Å². The molecule has 2 rings (SSSR count). The number of benzene rings is 1. The van der Waals surface area contributed by atoms with Crippen molar-refractivity contribution in [1.29, 1.82) is 0 Å². The Morgan fingerprint density at radius 3 is 2.29 bits per heavy atom. The van der Waals surface area contributed by atoms with Crippen LogP contribution in [0.2, 0.25) is 0 Å². The highest BCUT2D eigenvalue weighted by molar-refractivity contribution is 5.73. The number of rotatable bonds is 5. The smallest absolute Gasteiger partial charge is 0.345 e. The largest absolute Gasteiger partial charge is 0.478 e. The van der Waals surface area contributed by atoms with Crippen LogP contribution in [0.25, 0.3) is 0 Å². The van der Waals surface area contributed by atoms with Crippen molar-refractivity contribution in [1.82, 2.24) is 0 Å². The van der Waals surface area contributed by atoms with Crippen LogP contribution in [0.5, 0.6) is 5.75 Å². The fourth-order valence-corrected chi connectivity index (χ4v) is 1.83. The van der Waals surface area contributed by atoms with E-state index in [0.717, 1.165) is 12.8 Å². The SMILES string of the molecule is CC(C)c1ccc(OC(C(=O)O)C2CC2)cc1. The van der Waals surface area contributed by atoms with E-state index in [0.29, 0.717) is 11.7 Å². The van der Waals surface area contributed by atoms with Gasteiger partial charge in [-0.1, -0.05) is 26.0 Å². The zero-order chi connectivity index (χ0) is 12.4. The van der Waals surface area contributed by atoms with E-state index in [2.05, 4.69) is 13.8 Å². The number of hydrogen-bond acceptors (Lipinski definition) is 2. The number of carboxylic acid groups (broad SMARTS) is 1. The normalized spacial score (nSPS) is 16.9. The third kappa shape index (κ3) is 2.99. The number of ether oxygens (including phenoxy) is 1. The lowest BCUT2D eigenvalue weighted by Crippen LogP contribution is -2.29. The molecule has 1 aliphatic rings. The van der Waals surface area contributed by atoms with Crippen molar-refractivity contribution < 1.29 is 14.6 Å². The molecule has 0 aliphatic heterocycles. The first-order chi connectivity index (χ1) is 8.08. The number of carboxylic acids is 1. The molecule has 1 N–H and O–H groups in total. The molecule has 0 aromatic heterocycles. The van der Waals surface area contributed by atoms with Crippen LogP contribution < -0.4 is 4.74 Å². The molecule has 1 unspecified atom stereocenters. The second kappa shape index (κ2) is 4.78. The molecule has 0 saturated heterocycles. The van der Waals surface area contributed by atoms with Crippen molar-refractivity contribution in [3.8, 4) is 5.75 Å². The van der Waals surface area contributed by atoms with Crippen LogP contribution in [0.3, 0.4) is 0 Å². The average Bonchev–Trinajstić information content (AvgIpc) is 3.10. The molecule has 0 bridgehead atoms. The molecule has 0 heterocycles. The van der Waals surface area contributed by atoms with Gasteiger partial charge in [-0.25, -0.2) is 4.79 Å². The van der Waals surface area contributed by atoms with Gasteiger partial charge in [0.2, 0.25) is 0 Å². The molecule has 1 aromatic rings. The summed E-state index contributed by atoms with van der Waals surface area (Å²) < 4.78 is 5.54. The minimum absolute atomic E-state index is 0.192. The van der Waals surface area contributed by atoms with E-state index in [-0.39, 0.29) is 5.92 Å². The van der Waals surface area contributed by atoms with Crippen LogP contribution in [0.4, 0.5) is 0 Å². The summed E-state index contributed by atoms with van der Waals surface area (Å²) in [4.78, 5) is 11.0. The molecule has 92 valence electrons. The molecule has 0 amide bonds. The van der Waals surface area contributed by atoms with Gasteiger partial charge in [0, 0.05) is 5.92 Å². The second-order valence-electron chi connectivity index (χ2n) is 4.94. The predicted octanol–water partition coefficient (Wildman–Crippen LogP) is 3.05. The van der Waals surface area contributed by atoms with Crippen LogP contribution in [0.15, 0.2) is 24.3 Å². The molecule has 1 aliphatic carbocycles. The van der Waals surface area contributed by atoms with Crippen molar-refractivity contribution in [2.75, 3.05) is 0 Å². The second-order valence-corrected chi connectivity index (χ2v) is 4.94. The first-order valence-electron chi connectivity index (χ1n) is 6.07. The molecular weight excluding hydrogens is 216 g/mol. The summed E-state index contributed by atoms with van der Waals surface area (Å²) in [6, 6.07) is 7.69. The summed E-state index contributed by atoms with van der Waals surface area (Å²) in [5.74, 6) is 0.453.